The third-order valence-electron chi connectivity index (χ3n) is 2.98. The summed E-state index contributed by atoms with van der Waals surface area (Å²) >= 11 is 0. The monoisotopic (exact) mass is 203 g/mol. The number of aliphatic hydroxyl groups is 1. The Morgan fingerprint density at radius 2 is 2.13 bits per heavy atom. The van der Waals surface area contributed by atoms with Crippen LogP contribution in [-0.2, 0) is 6.42 Å². The number of nitrogens with zero attached hydrogens (tertiary/aromatic N) is 1. The van der Waals surface area contributed by atoms with E-state index in [9.17, 15) is 0 Å². The van der Waals surface area contributed by atoms with E-state index < -0.39 is 0 Å². The summed E-state index contributed by atoms with van der Waals surface area (Å²) < 4.78 is 0. The Kier molecular flexibility index (Phi) is 3.17. The number of hydrogen-bond donors (Lipinski definition) is 1. The maximum atomic E-state index is 9.13. The van der Waals surface area contributed by atoms with E-state index in [1.54, 1.807) is 0 Å². The Bertz CT molecular complexity index is 367. The summed E-state index contributed by atoms with van der Waals surface area (Å²) in [7, 11) is 0. The first-order valence-corrected chi connectivity index (χ1v) is 5.61. The van der Waals surface area contributed by atoms with Gasteiger partial charge in [0.2, 0.25) is 0 Å². The molecule has 0 saturated heterocycles. The molecule has 0 saturated carbocycles. The number of aliphatic hydroxyl groups excluding tert-OH is 1. The third kappa shape index (κ3) is 2.10. The second kappa shape index (κ2) is 4.58. The molecule has 0 radical (unpaired) electrons. The summed E-state index contributed by atoms with van der Waals surface area (Å²) in [5.74, 6) is 0. The maximum Gasteiger partial charge on any atom is 0.0731 e. The van der Waals surface area contributed by atoms with Crippen LogP contribution in [0.15, 0.2) is 29.3 Å². The SMILES string of the molecule is CC[C@H](CO)N=C1CCc2ccccc21. The summed E-state index contributed by atoms with van der Waals surface area (Å²) in [6.45, 7) is 2.22. The average molecular weight is 203 g/mol. The van der Waals surface area contributed by atoms with Crippen molar-refractivity contribution >= 4 is 5.71 Å². The van der Waals surface area contributed by atoms with Crippen LogP contribution in [0.4, 0.5) is 0 Å². The molecule has 1 aromatic carbocycles. The van der Waals surface area contributed by atoms with Gasteiger partial charge >= 0.3 is 0 Å². The van der Waals surface area contributed by atoms with Crippen LogP contribution in [0.25, 0.3) is 0 Å². The zero-order valence-electron chi connectivity index (χ0n) is 9.11. The highest BCUT2D eigenvalue weighted by molar-refractivity contribution is 6.04. The molecule has 80 valence electrons. The average Bonchev–Trinajstić information content (AvgIpc) is 2.69. The van der Waals surface area contributed by atoms with Gasteiger partial charge in [0.25, 0.3) is 0 Å². The lowest BCUT2D eigenvalue weighted by Crippen LogP contribution is -2.11. The molecule has 2 nitrogen and oxygen atoms in total. The number of aliphatic imine (C=N–C) groups is 1. The Hall–Kier alpha value is -1.15. The van der Waals surface area contributed by atoms with Crippen molar-refractivity contribution in [1.29, 1.82) is 0 Å². The van der Waals surface area contributed by atoms with E-state index in [-0.39, 0.29) is 12.6 Å². The predicted octanol–water partition coefficient (Wildman–Crippen LogP) is 2.19. The van der Waals surface area contributed by atoms with Gasteiger partial charge in [-0.25, -0.2) is 0 Å². The van der Waals surface area contributed by atoms with Crippen LogP contribution in [0.5, 0.6) is 0 Å². The Morgan fingerprint density at radius 3 is 2.87 bits per heavy atom. The van der Waals surface area contributed by atoms with Gasteiger partial charge in [-0.05, 0) is 30.4 Å². The van der Waals surface area contributed by atoms with E-state index in [4.69, 9.17) is 5.11 Å². The van der Waals surface area contributed by atoms with E-state index in [0.29, 0.717) is 0 Å². The lowest BCUT2D eigenvalue weighted by molar-refractivity contribution is 0.264. The Morgan fingerprint density at radius 1 is 1.33 bits per heavy atom. The molecule has 0 spiro atoms. The first-order chi connectivity index (χ1) is 7.35. The number of hydrogen-bond acceptors (Lipinski definition) is 2. The van der Waals surface area contributed by atoms with Crippen LogP contribution in [0.1, 0.15) is 30.9 Å². The van der Waals surface area contributed by atoms with E-state index in [2.05, 4.69) is 36.2 Å². The molecular formula is C13H17NO. The van der Waals surface area contributed by atoms with E-state index >= 15 is 0 Å². The van der Waals surface area contributed by atoms with Crippen LogP contribution >= 0.6 is 0 Å². The van der Waals surface area contributed by atoms with Gasteiger partial charge in [-0.15, -0.1) is 0 Å². The molecule has 1 N–H and O–H groups in total. The quantitative estimate of drug-likeness (QED) is 0.802. The molecule has 1 atom stereocenters. The van der Waals surface area contributed by atoms with Crippen molar-refractivity contribution in [2.75, 3.05) is 6.61 Å². The first kappa shape index (κ1) is 10.4. The molecule has 0 amide bonds. The van der Waals surface area contributed by atoms with E-state index in [1.165, 1.54) is 16.8 Å². The molecule has 1 aliphatic rings. The summed E-state index contributed by atoms with van der Waals surface area (Å²) in [4.78, 5) is 4.62. The molecule has 0 bridgehead atoms. The second-order valence-electron chi connectivity index (χ2n) is 3.98. The van der Waals surface area contributed by atoms with Crippen molar-refractivity contribution in [2.45, 2.75) is 32.2 Å². The highest BCUT2D eigenvalue weighted by atomic mass is 16.3. The molecule has 2 heteroatoms. The molecule has 0 unspecified atom stereocenters. The highest BCUT2D eigenvalue weighted by Crippen LogP contribution is 2.22. The molecular weight excluding hydrogens is 186 g/mol. The smallest absolute Gasteiger partial charge is 0.0731 e. The number of fused-ring (bicyclic) bond motifs is 1. The van der Waals surface area contributed by atoms with Gasteiger partial charge < -0.3 is 5.11 Å². The summed E-state index contributed by atoms with van der Waals surface area (Å²) in [5, 5.41) is 9.13. The van der Waals surface area contributed by atoms with Gasteiger partial charge in [-0.3, -0.25) is 4.99 Å². The lowest BCUT2D eigenvalue weighted by Gasteiger charge is -2.07. The fraction of sp³-hybridized carbons (Fsp3) is 0.462. The van der Waals surface area contributed by atoms with Gasteiger partial charge in [0.1, 0.15) is 0 Å². The zero-order valence-corrected chi connectivity index (χ0v) is 9.11. The minimum atomic E-state index is 0.0751. The van der Waals surface area contributed by atoms with E-state index in [1.807, 2.05) is 0 Å². The standard InChI is InChI=1S/C13H17NO/c1-2-11(9-15)14-13-8-7-10-5-3-4-6-12(10)13/h3-6,11,15H,2,7-9H2,1H3/t11-/m1/s1. The van der Waals surface area contributed by atoms with Crippen molar-refractivity contribution in [1.82, 2.24) is 0 Å². The van der Waals surface area contributed by atoms with Gasteiger partial charge in [0.05, 0.1) is 12.6 Å². The van der Waals surface area contributed by atoms with Gasteiger partial charge in [0, 0.05) is 5.71 Å². The van der Waals surface area contributed by atoms with Crippen molar-refractivity contribution in [3.8, 4) is 0 Å². The predicted molar refractivity (Wildman–Crippen MR) is 62.5 cm³/mol. The number of rotatable bonds is 3. The molecule has 0 heterocycles. The summed E-state index contributed by atoms with van der Waals surface area (Å²) in [6, 6.07) is 8.50. The largest absolute Gasteiger partial charge is 0.394 e. The zero-order chi connectivity index (χ0) is 10.7. The topological polar surface area (TPSA) is 32.6 Å². The molecule has 0 aliphatic heterocycles. The second-order valence-corrected chi connectivity index (χ2v) is 3.98. The van der Waals surface area contributed by atoms with E-state index in [0.717, 1.165) is 19.3 Å². The fourth-order valence-corrected chi connectivity index (χ4v) is 2.02. The van der Waals surface area contributed by atoms with Crippen LogP contribution in [0, 0.1) is 0 Å². The van der Waals surface area contributed by atoms with Crippen LogP contribution in [0.3, 0.4) is 0 Å². The molecule has 15 heavy (non-hydrogen) atoms. The van der Waals surface area contributed by atoms with Crippen LogP contribution in [0.2, 0.25) is 0 Å². The molecule has 0 aromatic heterocycles. The summed E-state index contributed by atoms with van der Waals surface area (Å²) in [6.07, 6.45) is 3.02. The van der Waals surface area contributed by atoms with Gasteiger partial charge in [-0.1, -0.05) is 31.2 Å². The Labute approximate surface area is 90.7 Å². The van der Waals surface area contributed by atoms with Crippen molar-refractivity contribution in [2.24, 2.45) is 4.99 Å². The van der Waals surface area contributed by atoms with Gasteiger partial charge in [0.15, 0.2) is 0 Å². The highest BCUT2D eigenvalue weighted by Gasteiger charge is 2.17. The third-order valence-corrected chi connectivity index (χ3v) is 2.98. The minimum absolute atomic E-state index is 0.0751. The van der Waals surface area contributed by atoms with Crippen molar-refractivity contribution in [3.63, 3.8) is 0 Å². The Balaban J connectivity index is 2.26. The van der Waals surface area contributed by atoms with Crippen LogP contribution < -0.4 is 0 Å². The minimum Gasteiger partial charge on any atom is -0.394 e. The molecule has 1 aliphatic carbocycles. The van der Waals surface area contributed by atoms with Gasteiger partial charge in [-0.2, -0.15) is 0 Å². The fourth-order valence-electron chi connectivity index (χ4n) is 2.02. The molecule has 1 aromatic rings. The molecule has 0 fully saturated rings. The van der Waals surface area contributed by atoms with Crippen molar-refractivity contribution in [3.05, 3.63) is 35.4 Å². The maximum absolute atomic E-state index is 9.13. The first-order valence-electron chi connectivity index (χ1n) is 5.61. The number of aryl methyl sites for hydroxylation is 1. The molecule has 2 rings (SSSR count). The van der Waals surface area contributed by atoms with Crippen LogP contribution in [-0.4, -0.2) is 23.5 Å². The van der Waals surface area contributed by atoms with Crippen molar-refractivity contribution < 1.29 is 5.11 Å². The number of benzene rings is 1. The normalized spacial score (nSPS) is 19.2. The lowest BCUT2D eigenvalue weighted by atomic mass is 10.1. The summed E-state index contributed by atoms with van der Waals surface area (Å²) in [5.41, 5.74) is 3.85.